The highest BCUT2D eigenvalue weighted by Gasteiger charge is 2.29. The number of rotatable bonds is 19. The van der Waals surface area contributed by atoms with E-state index in [0.717, 1.165) is 25.1 Å². The van der Waals surface area contributed by atoms with Gasteiger partial charge in [-0.3, -0.25) is 0 Å². The van der Waals surface area contributed by atoms with Crippen LogP contribution in [-0.4, -0.2) is 90.0 Å². The lowest BCUT2D eigenvalue weighted by Crippen LogP contribution is -2.32. The van der Waals surface area contributed by atoms with Crippen LogP contribution in [0.1, 0.15) is 47.2 Å². The Labute approximate surface area is 260 Å². The summed E-state index contributed by atoms with van der Waals surface area (Å²) in [5.41, 5.74) is 6.29. The third kappa shape index (κ3) is 9.80. The minimum Gasteiger partial charge on any atom is -0.460 e. The molecule has 0 aliphatic heterocycles. The van der Waals surface area contributed by atoms with Gasteiger partial charge in [0.25, 0.3) is 0 Å². The van der Waals surface area contributed by atoms with Crippen LogP contribution in [0.2, 0.25) is 0 Å². The second-order valence-electron chi connectivity index (χ2n) is 10.6. The van der Waals surface area contributed by atoms with Gasteiger partial charge in [-0.2, -0.15) is 0 Å². The molecule has 4 rings (SSSR count). The van der Waals surface area contributed by atoms with Crippen molar-refractivity contribution in [3.63, 3.8) is 0 Å². The highest BCUT2D eigenvalue weighted by molar-refractivity contribution is 5.89. The number of carbonyl (C=O) groups excluding carboxylic acids is 2. The molecule has 0 radical (unpaired) electrons. The Morgan fingerprint density at radius 1 is 0.727 bits per heavy atom. The van der Waals surface area contributed by atoms with E-state index in [9.17, 15) is 9.59 Å². The number of nitrogens with zero attached hydrogens (tertiary/aromatic N) is 1. The number of unbranched alkanes of at least 4 members (excludes halogenated alkanes) is 1. The smallest absolute Gasteiger partial charge is 0.409 e. The Bertz CT molecular complexity index is 1270. The van der Waals surface area contributed by atoms with Gasteiger partial charge in [0, 0.05) is 31.7 Å². The molecular formula is C35H44N2O7. The Morgan fingerprint density at radius 3 is 1.91 bits per heavy atom. The van der Waals surface area contributed by atoms with Crippen molar-refractivity contribution >= 4 is 17.7 Å². The number of likely N-dealkylation sites (N-methyl/N-ethyl adjacent to an activating group) is 1. The summed E-state index contributed by atoms with van der Waals surface area (Å²) in [4.78, 5) is 26.3. The zero-order chi connectivity index (χ0) is 31.0. The van der Waals surface area contributed by atoms with Gasteiger partial charge in [-0.15, -0.1) is 0 Å². The van der Waals surface area contributed by atoms with E-state index in [-0.39, 0.29) is 24.6 Å². The second-order valence-corrected chi connectivity index (χ2v) is 10.6. The standard InChI is InChI=1S/C35H44N2O7/c1-3-4-17-36-28-15-13-27(14-16-28)34(38)43-25-24-42-23-22-41-21-20-40-19-18-37(2)35(39)44-26-33-31-11-7-5-9-29(31)30-10-6-8-12-32(30)33/h5-16,33,36H,3-4,17-26H2,1-2H3. The molecule has 9 heteroatoms. The fourth-order valence-corrected chi connectivity index (χ4v) is 4.95. The van der Waals surface area contributed by atoms with E-state index in [4.69, 9.17) is 23.7 Å². The van der Waals surface area contributed by atoms with E-state index in [1.54, 1.807) is 19.2 Å². The first-order valence-corrected chi connectivity index (χ1v) is 15.4. The van der Waals surface area contributed by atoms with E-state index < -0.39 is 0 Å². The second kappa shape index (κ2) is 18.0. The van der Waals surface area contributed by atoms with E-state index >= 15 is 0 Å². The molecular weight excluding hydrogens is 560 g/mol. The van der Waals surface area contributed by atoms with E-state index in [0.29, 0.717) is 58.4 Å². The minimum atomic E-state index is -0.373. The lowest BCUT2D eigenvalue weighted by Gasteiger charge is -2.19. The Morgan fingerprint density at radius 2 is 1.30 bits per heavy atom. The van der Waals surface area contributed by atoms with Crippen molar-refractivity contribution in [1.29, 1.82) is 0 Å². The summed E-state index contributed by atoms with van der Waals surface area (Å²) in [7, 11) is 1.70. The molecule has 236 valence electrons. The monoisotopic (exact) mass is 604 g/mol. The van der Waals surface area contributed by atoms with Crippen LogP contribution in [0.3, 0.4) is 0 Å². The van der Waals surface area contributed by atoms with E-state index in [2.05, 4.69) is 36.5 Å². The van der Waals surface area contributed by atoms with Gasteiger partial charge in [-0.25, -0.2) is 9.59 Å². The fraction of sp³-hybridized carbons (Fsp3) is 0.429. The Balaban J connectivity index is 0.980. The van der Waals surface area contributed by atoms with Gasteiger partial charge >= 0.3 is 12.1 Å². The Kier molecular flexibility index (Phi) is 13.5. The zero-order valence-electron chi connectivity index (χ0n) is 25.8. The first kappa shape index (κ1) is 33.0. The molecule has 44 heavy (non-hydrogen) atoms. The molecule has 3 aromatic rings. The number of amides is 1. The topological polar surface area (TPSA) is 95.6 Å². The molecule has 0 aromatic heterocycles. The first-order chi connectivity index (χ1) is 21.6. The number of benzene rings is 3. The van der Waals surface area contributed by atoms with Crippen molar-refractivity contribution in [2.24, 2.45) is 0 Å². The maximum absolute atomic E-state index is 12.6. The van der Waals surface area contributed by atoms with Crippen LogP contribution in [0.25, 0.3) is 11.1 Å². The largest absolute Gasteiger partial charge is 0.460 e. The molecule has 1 N–H and O–H groups in total. The predicted molar refractivity (Wildman–Crippen MR) is 170 cm³/mol. The normalized spacial score (nSPS) is 12.0. The molecule has 9 nitrogen and oxygen atoms in total. The van der Waals surface area contributed by atoms with Gasteiger partial charge in [0.15, 0.2) is 0 Å². The molecule has 0 fully saturated rings. The van der Waals surface area contributed by atoms with Crippen LogP contribution in [-0.2, 0) is 23.7 Å². The molecule has 0 saturated carbocycles. The SMILES string of the molecule is CCCCNc1ccc(C(=O)OCCOCCOCCOCCN(C)C(=O)OCC2c3ccccc3-c3ccccc32)cc1. The number of carbonyl (C=O) groups is 2. The molecule has 0 spiro atoms. The van der Waals surface area contributed by atoms with Crippen LogP contribution < -0.4 is 5.32 Å². The van der Waals surface area contributed by atoms with Crippen molar-refractivity contribution in [1.82, 2.24) is 4.90 Å². The van der Waals surface area contributed by atoms with Gasteiger partial charge in [0.1, 0.15) is 13.2 Å². The number of anilines is 1. The molecule has 0 heterocycles. The van der Waals surface area contributed by atoms with Crippen molar-refractivity contribution in [2.75, 3.05) is 78.3 Å². The number of ether oxygens (including phenoxy) is 5. The summed E-state index contributed by atoms with van der Waals surface area (Å²) in [6.07, 6.45) is 1.86. The molecule has 1 aliphatic rings. The maximum atomic E-state index is 12.6. The summed E-state index contributed by atoms with van der Waals surface area (Å²) in [6.45, 7) is 6.24. The van der Waals surface area contributed by atoms with Gasteiger partial charge in [0.2, 0.25) is 0 Å². The number of hydrogen-bond acceptors (Lipinski definition) is 8. The molecule has 3 aromatic carbocycles. The van der Waals surface area contributed by atoms with Crippen LogP contribution >= 0.6 is 0 Å². The lowest BCUT2D eigenvalue weighted by atomic mass is 9.98. The van der Waals surface area contributed by atoms with Gasteiger partial charge in [-0.1, -0.05) is 61.9 Å². The van der Waals surface area contributed by atoms with Crippen LogP contribution in [0.5, 0.6) is 0 Å². The molecule has 1 aliphatic carbocycles. The van der Waals surface area contributed by atoms with Crippen molar-refractivity contribution in [3.8, 4) is 11.1 Å². The average Bonchev–Trinajstić information content (AvgIpc) is 3.37. The lowest BCUT2D eigenvalue weighted by molar-refractivity contribution is -0.00109. The van der Waals surface area contributed by atoms with E-state index in [1.165, 1.54) is 27.2 Å². The predicted octanol–water partition coefficient (Wildman–Crippen LogP) is 5.99. The van der Waals surface area contributed by atoms with Crippen molar-refractivity contribution in [2.45, 2.75) is 25.7 Å². The number of hydrogen-bond donors (Lipinski definition) is 1. The van der Waals surface area contributed by atoms with E-state index in [1.807, 2.05) is 36.4 Å². The van der Waals surface area contributed by atoms with Gasteiger partial charge in [0.05, 0.1) is 45.2 Å². The minimum absolute atomic E-state index is 0.0351. The molecule has 0 unspecified atom stereocenters. The summed E-state index contributed by atoms with van der Waals surface area (Å²) >= 11 is 0. The highest BCUT2D eigenvalue weighted by Crippen LogP contribution is 2.44. The van der Waals surface area contributed by atoms with Crippen molar-refractivity contribution in [3.05, 3.63) is 89.5 Å². The summed E-state index contributed by atoms with van der Waals surface area (Å²) in [5, 5.41) is 3.32. The third-order valence-electron chi connectivity index (χ3n) is 7.40. The Hall–Kier alpha value is -3.92. The molecule has 0 saturated heterocycles. The van der Waals surface area contributed by atoms with Crippen LogP contribution in [0, 0.1) is 0 Å². The average molecular weight is 605 g/mol. The number of fused-ring (bicyclic) bond motifs is 3. The molecule has 1 amide bonds. The molecule has 0 atom stereocenters. The van der Waals surface area contributed by atoms with Gasteiger partial charge in [-0.05, 0) is 52.9 Å². The number of nitrogens with one attached hydrogen (secondary N) is 1. The van der Waals surface area contributed by atoms with Crippen molar-refractivity contribution < 1.29 is 33.3 Å². The summed E-state index contributed by atoms with van der Waals surface area (Å²) in [6, 6.07) is 23.8. The van der Waals surface area contributed by atoms with Gasteiger partial charge < -0.3 is 33.9 Å². The summed E-state index contributed by atoms with van der Waals surface area (Å²) < 4.78 is 27.5. The summed E-state index contributed by atoms with van der Waals surface area (Å²) in [5.74, 6) is -0.334. The highest BCUT2D eigenvalue weighted by atomic mass is 16.6. The zero-order valence-corrected chi connectivity index (χ0v) is 25.8. The number of esters is 1. The molecule has 0 bridgehead atoms. The van der Waals surface area contributed by atoms with Crippen LogP contribution in [0.4, 0.5) is 10.5 Å². The third-order valence-corrected chi connectivity index (χ3v) is 7.40. The van der Waals surface area contributed by atoms with Crippen LogP contribution in [0.15, 0.2) is 72.8 Å². The quantitative estimate of drug-likeness (QED) is 0.132. The fourth-order valence-electron chi connectivity index (χ4n) is 4.95. The first-order valence-electron chi connectivity index (χ1n) is 15.4. The maximum Gasteiger partial charge on any atom is 0.409 e.